The summed E-state index contributed by atoms with van der Waals surface area (Å²) in [6.45, 7) is 2.40. The number of rotatable bonds is 12. The van der Waals surface area contributed by atoms with E-state index in [-0.39, 0.29) is 12.6 Å². The summed E-state index contributed by atoms with van der Waals surface area (Å²) in [4.78, 5) is 0. The van der Waals surface area contributed by atoms with Gasteiger partial charge in [-0.1, -0.05) is 71.1 Å². The Morgan fingerprint density at radius 1 is 0.812 bits per heavy atom. The third-order valence-electron chi connectivity index (χ3n) is 3.16. The van der Waals surface area contributed by atoms with Gasteiger partial charge in [0, 0.05) is 6.04 Å². The number of unbranched alkanes of at least 4 members (excludes halogenated alkanes) is 9. The second-order valence-electron chi connectivity index (χ2n) is 4.91. The van der Waals surface area contributed by atoms with E-state index in [1.54, 1.807) is 0 Å². The molecule has 0 saturated heterocycles. The minimum absolute atomic E-state index is 0.00837. The fourth-order valence-electron chi connectivity index (χ4n) is 1.99. The van der Waals surface area contributed by atoms with Crippen molar-refractivity contribution < 1.29 is 5.11 Å². The van der Waals surface area contributed by atoms with Gasteiger partial charge in [0.25, 0.3) is 0 Å². The lowest BCUT2D eigenvalue weighted by atomic mass is 10.0. The molecule has 0 bridgehead atoms. The van der Waals surface area contributed by atoms with Crippen molar-refractivity contribution >= 4 is 0 Å². The molecule has 3 N–H and O–H groups in total. The molecule has 0 spiro atoms. The molecule has 0 rings (SSSR count). The molecular formula is C14H31NO. The molecule has 98 valence electrons. The smallest absolute Gasteiger partial charge is 0.0582 e. The van der Waals surface area contributed by atoms with E-state index in [2.05, 4.69) is 6.92 Å². The topological polar surface area (TPSA) is 46.2 Å². The third-order valence-corrected chi connectivity index (χ3v) is 3.16. The van der Waals surface area contributed by atoms with E-state index in [4.69, 9.17) is 10.8 Å². The Bertz CT molecular complexity index is 128. The summed E-state index contributed by atoms with van der Waals surface area (Å²) in [5, 5.41) is 8.75. The Morgan fingerprint density at radius 3 is 1.69 bits per heavy atom. The standard InChI is InChI=1S/C14H31NO/c1-2-3-4-5-6-7-8-9-10-11-12-14(15)13-16/h14,16H,2-13,15H2,1H3/t14-/m1/s1. The molecule has 0 aromatic heterocycles. The van der Waals surface area contributed by atoms with Crippen LogP contribution in [-0.2, 0) is 0 Å². The van der Waals surface area contributed by atoms with E-state index in [0.29, 0.717) is 0 Å². The molecule has 16 heavy (non-hydrogen) atoms. The molecular weight excluding hydrogens is 198 g/mol. The summed E-state index contributed by atoms with van der Waals surface area (Å²) in [6.07, 6.45) is 14.5. The molecule has 0 aliphatic heterocycles. The molecule has 0 aromatic rings. The van der Waals surface area contributed by atoms with Crippen molar-refractivity contribution in [2.24, 2.45) is 5.73 Å². The summed E-state index contributed by atoms with van der Waals surface area (Å²) in [5.74, 6) is 0. The van der Waals surface area contributed by atoms with Crippen LogP contribution in [0.2, 0.25) is 0 Å². The first-order valence-electron chi connectivity index (χ1n) is 7.17. The van der Waals surface area contributed by atoms with Gasteiger partial charge in [0.1, 0.15) is 0 Å². The predicted octanol–water partition coefficient (Wildman–Crippen LogP) is 3.62. The predicted molar refractivity (Wildman–Crippen MR) is 71.5 cm³/mol. The molecule has 1 atom stereocenters. The zero-order valence-electron chi connectivity index (χ0n) is 11.1. The lowest BCUT2D eigenvalue weighted by molar-refractivity contribution is 0.257. The summed E-state index contributed by atoms with van der Waals surface area (Å²) in [7, 11) is 0. The zero-order chi connectivity index (χ0) is 12.1. The average Bonchev–Trinajstić information content (AvgIpc) is 2.31. The molecule has 0 aliphatic rings. The first kappa shape index (κ1) is 15.9. The van der Waals surface area contributed by atoms with Crippen LogP contribution >= 0.6 is 0 Å². The van der Waals surface area contributed by atoms with Crippen LogP contribution in [0.3, 0.4) is 0 Å². The number of aliphatic hydroxyl groups is 1. The fourth-order valence-corrected chi connectivity index (χ4v) is 1.99. The van der Waals surface area contributed by atoms with Gasteiger partial charge in [-0.2, -0.15) is 0 Å². The van der Waals surface area contributed by atoms with E-state index < -0.39 is 0 Å². The van der Waals surface area contributed by atoms with Crippen molar-refractivity contribution in [3.63, 3.8) is 0 Å². The maximum Gasteiger partial charge on any atom is 0.0582 e. The van der Waals surface area contributed by atoms with Crippen molar-refractivity contribution in [3.8, 4) is 0 Å². The first-order valence-corrected chi connectivity index (χ1v) is 7.17. The molecule has 0 saturated carbocycles. The van der Waals surface area contributed by atoms with Crippen molar-refractivity contribution in [2.45, 2.75) is 83.6 Å². The van der Waals surface area contributed by atoms with Gasteiger partial charge in [-0.3, -0.25) is 0 Å². The Morgan fingerprint density at radius 2 is 1.25 bits per heavy atom. The number of aliphatic hydroxyl groups excluding tert-OH is 1. The van der Waals surface area contributed by atoms with Crippen molar-refractivity contribution in [2.75, 3.05) is 6.61 Å². The van der Waals surface area contributed by atoms with E-state index in [1.165, 1.54) is 64.2 Å². The SMILES string of the molecule is CCCCCCCCCCCC[C@@H](N)CO. The lowest BCUT2D eigenvalue weighted by Gasteiger charge is -2.07. The Kier molecular flexibility index (Phi) is 12.9. The first-order chi connectivity index (χ1) is 7.81. The van der Waals surface area contributed by atoms with Gasteiger partial charge >= 0.3 is 0 Å². The molecule has 2 heteroatoms. The van der Waals surface area contributed by atoms with Gasteiger partial charge in [-0.15, -0.1) is 0 Å². The van der Waals surface area contributed by atoms with E-state index >= 15 is 0 Å². The van der Waals surface area contributed by atoms with Crippen LogP contribution in [0.15, 0.2) is 0 Å². The Balaban J connectivity index is 2.93. The highest BCUT2D eigenvalue weighted by molar-refractivity contribution is 4.58. The molecule has 0 radical (unpaired) electrons. The number of hydrogen-bond acceptors (Lipinski definition) is 2. The zero-order valence-corrected chi connectivity index (χ0v) is 11.1. The minimum atomic E-state index is 0.00837. The van der Waals surface area contributed by atoms with E-state index in [1.807, 2.05) is 0 Å². The fraction of sp³-hybridized carbons (Fsp3) is 1.00. The molecule has 0 aromatic carbocycles. The van der Waals surface area contributed by atoms with Crippen molar-refractivity contribution in [1.29, 1.82) is 0 Å². The van der Waals surface area contributed by atoms with Gasteiger partial charge < -0.3 is 10.8 Å². The third kappa shape index (κ3) is 12.0. The second-order valence-corrected chi connectivity index (χ2v) is 4.91. The largest absolute Gasteiger partial charge is 0.395 e. The summed E-state index contributed by atoms with van der Waals surface area (Å²) < 4.78 is 0. The van der Waals surface area contributed by atoms with Crippen LogP contribution in [-0.4, -0.2) is 17.8 Å². The Labute approximate surface area is 102 Å². The van der Waals surface area contributed by atoms with Crippen LogP contribution in [0, 0.1) is 0 Å². The molecule has 0 amide bonds. The van der Waals surface area contributed by atoms with Gasteiger partial charge in [0.05, 0.1) is 6.61 Å². The van der Waals surface area contributed by atoms with Gasteiger partial charge in [0.15, 0.2) is 0 Å². The highest BCUT2D eigenvalue weighted by Gasteiger charge is 1.99. The lowest BCUT2D eigenvalue weighted by Crippen LogP contribution is -2.23. The molecule has 2 nitrogen and oxygen atoms in total. The maximum absolute atomic E-state index is 8.75. The Hall–Kier alpha value is -0.0800. The summed E-state index contributed by atoms with van der Waals surface area (Å²) >= 11 is 0. The van der Waals surface area contributed by atoms with Gasteiger partial charge in [-0.25, -0.2) is 0 Å². The second kappa shape index (κ2) is 13.0. The van der Waals surface area contributed by atoms with E-state index in [0.717, 1.165) is 6.42 Å². The minimum Gasteiger partial charge on any atom is -0.395 e. The van der Waals surface area contributed by atoms with Crippen LogP contribution in [0.5, 0.6) is 0 Å². The van der Waals surface area contributed by atoms with Crippen LogP contribution in [0.1, 0.15) is 77.6 Å². The molecule has 0 heterocycles. The van der Waals surface area contributed by atoms with Crippen LogP contribution < -0.4 is 5.73 Å². The molecule has 0 aliphatic carbocycles. The normalized spacial score (nSPS) is 12.9. The highest BCUT2D eigenvalue weighted by Crippen LogP contribution is 2.11. The quantitative estimate of drug-likeness (QED) is 0.502. The van der Waals surface area contributed by atoms with Gasteiger partial charge in [-0.05, 0) is 6.42 Å². The number of nitrogens with two attached hydrogens (primary N) is 1. The summed E-state index contributed by atoms with van der Waals surface area (Å²) in [6, 6.07) is 0.00837. The molecule has 0 unspecified atom stereocenters. The summed E-state index contributed by atoms with van der Waals surface area (Å²) in [5.41, 5.74) is 5.63. The number of hydrogen-bond donors (Lipinski definition) is 2. The monoisotopic (exact) mass is 229 g/mol. The highest BCUT2D eigenvalue weighted by atomic mass is 16.3. The van der Waals surface area contributed by atoms with Crippen molar-refractivity contribution in [1.82, 2.24) is 0 Å². The molecule has 0 fully saturated rings. The van der Waals surface area contributed by atoms with Crippen LogP contribution in [0.4, 0.5) is 0 Å². The maximum atomic E-state index is 8.75. The average molecular weight is 229 g/mol. The van der Waals surface area contributed by atoms with Crippen molar-refractivity contribution in [3.05, 3.63) is 0 Å². The van der Waals surface area contributed by atoms with E-state index in [9.17, 15) is 0 Å². The van der Waals surface area contributed by atoms with Gasteiger partial charge in [0.2, 0.25) is 0 Å². The van der Waals surface area contributed by atoms with Crippen LogP contribution in [0.25, 0.3) is 0 Å².